The zero-order chi connectivity index (χ0) is 15.5. The van der Waals surface area contributed by atoms with Gasteiger partial charge in [-0.15, -0.1) is 0 Å². The van der Waals surface area contributed by atoms with E-state index in [4.69, 9.17) is 4.74 Å². The van der Waals surface area contributed by atoms with Crippen LogP contribution in [0, 0.1) is 19.8 Å². The van der Waals surface area contributed by atoms with Gasteiger partial charge in [-0.1, -0.05) is 25.1 Å². The number of aromatic nitrogens is 1. The fourth-order valence-corrected chi connectivity index (χ4v) is 2.85. The summed E-state index contributed by atoms with van der Waals surface area (Å²) >= 11 is 0. The molecule has 0 saturated heterocycles. The molecule has 1 N–H and O–H groups in total. The van der Waals surface area contributed by atoms with E-state index in [0.29, 0.717) is 12.6 Å². The standard InChI is InChI=1S/C19H24N2O/c1-13-10-18(13)21-11-16-8-14(2)19(15(3)9-16)22-12-17-6-4-5-7-20-17/h4-9,13,18,21H,10-12H2,1-3H3. The first-order chi connectivity index (χ1) is 10.6. The van der Waals surface area contributed by atoms with Gasteiger partial charge >= 0.3 is 0 Å². The van der Waals surface area contributed by atoms with Crippen LogP contribution in [0.1, 0.15) is 35.7 Å². The van der Waals surface area contributed by atoms with Gasteiger partial charge in [0.15, 0.2) is 0 Å². The minimum absolute atomic E-state index is 0.514. The van der Waals surface area contributed by atoms with Gasteiger partial charge in [-0.25, -0.2) is 0 Å². The average molecular weight is 296 g/mol. The number of rotatable bonds is 6. The quantitative estimate of drug-likeness (QED) is 0.881. The molecule has 1 aromatic heterocycles. The van der Waals surface area contributed by atoms with Crippen molar-refractivity contribution in [3.05, 3.63) is 58.9 Å². The van der Waals surface area contributed by atoms with Crippen molar-refractivity contribution >= 4 is 0 Å². The number of aryl methyl sites for hydroxylation is 2. The smallest absolute Gasteiger partial charge is 0.130 e. The Hall–Kier alpha value is -1.87. The molecule has 22 heavy (non-hydrogen) atoms. The van der Waals surface area contributed by atoms with Crippen molar-refractivity contribution < 1.29 is 4.74 Å². The van der Waals surface area contributed by atoms with E-state index in [2.05, 4.69) is 43.2 Å². The second-order valence-corrected chi connectivity index (χ2v) is 6.37. The van der Waals surface area contributed by atoms with E-state index >= 15 is 0 Å². The normalized spacial score (nSPS) is 20.0. The number of nitrogens with one attached hydrogen (secondary N) is 1. The number of hydrogen-bond donors (Lipinski definition) is 1. The minimum Gasteiger partial charge on any atom is -0.487 e. The second kappa shape index (κ2) is 6.49. The summed E-state index contributed by atoms with van der Waals surface area (Å²) in [4.78, 5) is 4.30. The van der Waals surface area contributed by atoms with Crippen LogP contribution >= 0.6 is 0 Å². The van der Waals surface area contributed by atoms with Crippen molar-refractivity contribution in [2.75, 3.05) is 0 Å². The summed E-state index contributed by atoms with van der Waals surface area (Å²) in [5.74, 6) is 1.82. The molecule has 0 amide bonds. The average Bonchev–Trinajstić information content (AvgIpc) is 3.21. The summed E-state index contributed by atoms with van der Waals surface area (Å²) in [6.45, 7) is 7.98. The molecule has 0 aliphatic heterocycles. The van der Waals surface area contributed by atoms with E-state index in [1.54, 1.807) is 6.20 Å². The summed E-state index contributed by atoms with van der Waals surface area (Å²) in [6.07, 6.45) is 3.11. The van der Waals surface area contributed by atoms with Gasteiger partial charge in [0, 0.05) is 18.8 Å². The summed E-state index contributed by atoms with van der Waals surface area (Å²) in [5.41, 5.74) is 4.67. The molecule has 1 heterocycles. The molecule has 0 spiro atoms. The lowest BCUT2D eigenvalue weighted by atomic mass is 10.1. The van der Waals surface area contributed by atoms with Crippen LogP contribution in [-0.4, -0.2) is 11.0 Å². The van der Waals surface area contributed by atoms with Crippen LogP contribution in [0.2, 0.25) is 0 Å². The maximum Gasteiger partial charge on any atom is 0.130 e. The molecule has 2 unspecified atom stereocenters. The molecule has 1 fully saturated rings. The van der Waals surface area contributed by atoms with Gasteiger partial charge in [0.2, 0.25) is 0 Å². The largest absolute Gasteiger partial charge is 0.487 e. The summed E-state index contributed by atoms with van der Waals surface area (Å²) in [5, 5.41) is 3.60. The highest BCUT2D eigenvalue weighted by molar-refractivity contribution is 5.43. The van der Waals surface area contributed by atoms with E-state index < -0.39 is 0 Å². The third kappa shape index (κ3) is 3.66. The van der Waals surface area contributed by atoms with Crippen LogP contribution in [0.5, 0.6) is 5.75 Å². The lowest BCUT2D eigenvalue weighted by molar-refractivity contribution is 0.297. The fraction of sp³-hybridized carbons (Fsp3) is 0.421. The Morgan fingerprint density at radius 2 is 1.95 bits per heavy atom. The minimum atomic E-state index is 0.514. The molecule has 2 atom stereocenters. The molecule has 116 valence electrons. The molecular weight excluding hydrogens is 272 g/mol. The zero-order valence-corrected chi connectivity index (χ0v) is 13.6. The van der Waals surface area contributed by atoms with Gasteiger partial charge in [0.25, 0.3) is 0 Å². The van der Waals surface area contributed by atoms with E-state index in [-0.39, 0.29) is 0 Å². The predicted octanol–water partition coefficient (Wildman–Crippen LogP) is 3.78. The first-order valence-electron chi connectivity index (χ1n) is 7.99. The van der Waals surface area contributed by atoms with Gasteiger partial charge in [0.1, 0.15) is 12.4 Å². The molecule has 0 bridgehead atoms. The van der Waals surface area contributed by atoms with Crippen LogP contribution in [0.3, 0.4) is 0 Å². The lowest BCUT2D eigenvalue weighted by Crippen LogP contribution is -2.17. The number of ether oxygens (including phenoxy) is 1. The van der Waals surface area contributed by atoms with Gasteiger partial charge in [-0.05, 0) is 55.0 Å². The Labute approximate surface area is 132 Å². The number of nitrogens with zero attached hydrogens (tertiary/aromatic N) is 1. The van der Waals surface area contributed by atoms with Crippen LogP contribution in [0.15, 0.2) is 36.5 Å². The van der Waals surface area contributed by atoms with E-state index in [1.807, 2.05) is 18.2 Å². The van der Waals surface area contributed by atoms with E-state index in [9.17, 15) is 0 Å². The third-order valence-corrected chi connectivity index (χ3v) is 4.29. The zero-order valence-electron chi connectivity index (χ0n) is 13.6. The summed E-state index contributed by atoms with van der Waals surface area (Å²) in [6, 6.07) is 11.0. The molecule has 1 aliphatic rings. The van der Waals surface area contributed by atoms with Gasteiger partial charge in [-0.2, -0.15) is 0 Å². The molecule has 1 aliphatic carbocycles. The molecule has 3 heteroatoms. The molecule has 3 nitrogen and oxygen atoms in total. The number of benzene rings is 1. The highest BCUT2D eigenvalue weighted by Gasteiger charge is 2.31. The number of hydrogen-bond acceptors (Lipinski definition) is 3. The van der Waals surface area contributed by atoms with Gasteiger partial charge < -0.3 is 10.1 Å². The van der Waals surface area contributed by atoms with Crippen molar-refractivity contribution in [3.8, 4) is 5.75 Å². The van der Waals surface area contributed by atoms with Crippen LogP contribution in [0.25, 0.3) is 0 Å². The molecule has 1 saturated carbocycles. The lowest BCUT2D eigenvalue weighted by Gasteiger charge is -2.14. The van der Waals surface area contributed by atoms with Gasteiger partial charge in [-0.3, -0.25) is 4.98 Å². The molecular formula is C19H24N2O. The highest BCUT2D eigenvalue weighted by Crippen LogP contribution is 2.30. The van der Waals surface area contributed by atoms with Crippen molar-refractivity contribution in [3.63, 3.8) is 0 Å². The maximum atomic E-state index is 5.98. The Balaban J connectivity index is 1.64. The Bertz CT molecular complexity index is 616. The maximum absolute atomic E-state index is 5.98. The van der Waals surface area contributed by atoms with Crippen molar-refractivity contribution in [1.29, 1.82) is 0 Å². The van der Waals surface area contributed by atoms with Crippen molar-refractivity contribution in [1.82, 2.24) is 10.3 Å². The second-order valence-electron chi connectivity index (χ2n) is 6.37. The summed E-state index contributed by atoms with van der Waals surface area (Å²) in [7, 11) is 0. The molecule has 0 radical (unpaired) electrons. The van der Waals surface area contributed by atoms with Crippen molar-refractivity contribution in [2.24, 2.45) is 5.92 Å². The van der Waals surface area contributed by atoms with E-state index in [0.717, 1.165) is 23.9 Å². The van der Waals surface area contributed by atoms with Crippen LogP contribution < -0.4 is 10.1 Å². The first kappa shape index (κ1) is 15.0. The molecule has 1 aromatic carbocycles. The Morgan fingerprint density at radius 3 is 2.55 bits per heavy atom. The third-order valence-electron chi connectivity index (χ3n) is 4.29. The predicted molar refractivity (Wildman–Crippen MR) is 88.9 cm³/mol. The Morgan fingerprint density at radius 1 is 1.23 bits per heavy atom. The molecule has 2 aromatic rings. The molecule has 3 rings (SSSR count). The van der Waals surface area contributed by atoms with E-state index in [1.165, 1.54) is 23.1 Å². The Kier molecular flexibility index (Phi) is 4.44. The number of pyridine rings is 1. The monoisotopic (exact) mass is 296 g/mol. The SMILES string of the molecule is Cc1cc(CNC2CC2C)cc(C)c1OCc1ccccn1. The first-order valence-corrected chi connectivity index (χ1v) is 7.99. The summed E-state index contributed by atoms with van der Waals surface area (Å²) < 4.78 is 5.98. The van der Waals surface area contributed by atoms with Crippen molar-refractivity contribution in [2.45, 2.75) is 46.4 Å². The van der Waals surface area contributed by atoms with Gasteiger partial charge in [0.05, 0.1) is 5.69 Å². The highest BCUT2D eigenvalue weighted by atomic mass is 16.5. The van der Waals surface area contributed by atoms with Crippen LogP contribution in [0.4, 0.5) is 0 Å². The van der Waals surface area contributed by atoms with Crippen LogP contribution in [-0.2, 0) is 13.2 Å². The topological polar surface area (TPSA) is 34.1 Å². The fourth-order valence-electron chi connectivity index (χ4n) is 2.85.